The van der Waals surface area contributed by atoms with Crippen LogP contribution in [0.1, 0.15) is 49.7 Å². The van der Waals surface area contributed by atoms with E-state index in [1.165, 1.54) is 7.11 Å². The van der Waals surface area contributed by atoms with E-state index in [4.69, 9.17) is 15.9 Å². The van der Waals surface area contributed by atoms with Gasteiger partial charge < -0.3 is 20.3 Å². The van der Waals surface area contributed by atoms with Gasteiger partial charge in [-0.05, 0) is 61.9 Å². The van der Waals surface area contributed by atoms with Gasteiger partial charge in [0.15, 0.2) is 0 Å². The molecule has 2 aliphatic rings. The summed E-state index contributed by atoms with van der Waals surface area (Å²) in [6.45, 7) is 0.955. The SMILES string of the molecule is COC(=O)C1CCC(N(Cc2ccccc2)C(=O)C2CCN(c3ccc(C(=N)N)cc3)C(=O)C2)CC1. The van der Waals surface area contributed by atoms with Crippen LogP contribution in [0, 0.1) is 17.2 Å². The van der Waals surface area contributed by atoms with Gasteiger partial charge in [-0.3, -0.25) is 19.8 Å². The zero-order valence-electron chi connectivity index (χ0n) is 20.7. The highest BCUT2D eigenvalue weighted by Crippen LogP contribution is 2.32. The molecule has 4 rings (SSSR count). The van der Waals surface area contributed by atoms with Crippen LogP contribution in [0.5, 0.6) is 0 Å². The molecule has 1 heterocycles. The number of nitrogens with one attached hydrogen (secondary N) is 1. The molecule has 0 radical (unpaired) electrons. The van der Waals surface area contributed by atoms with Crippen LogP contribution in [-0.4, -0.2) is 48.2 Å². The number of methoxy groups -OCH3 is 1. The van der Waals surface area contributed by atoms with Gasteiger partial charge in [-0.1, -0.05) is 30.3 Å². The van der Waals surface area contributed by atoms with Gasteiger partial charge in [0.1, 0.15) is 5.84 Å². The fraction of sp³-hybridized carbons (Fsp3) is 0.429. The maximum Gasteiger partial charge on any atom is 0.308 e. The van der Waals surface area contributed by atoms with Gasteiger partial charge in [0, 0.05) is 42.7 Å². The molecule has 36 heavy (non-hydrogen) atoms. The minimum Gasteiger partial charge on any atom is -0.469 e. The number of nitrogens with zero attached hydrogens (tertiary/aromatic N) is 2. The lowest BCUT2D eigenvalue weighted by Crippen LogP contribution is -2.49. The predicted molar refractivity (Wildman–Crippen MR) is 137 cm³/mol. The fourth-order valence-electron chi connectivity index (χ4n) is 5.33. The summed E-state index contributed by atoms with van der Waals surface area (Å²) in [5, 5.41) is 7.54. The van der Waals surface area contributed by atoms with E-state index in [0.717, 1.165) is 24.1 Å². The van der Waals surface area contributed by atoms with Crippen molar-refractivity contribution in [3.8, 4) is 0 Å². The van der Waals surface area contributed by atoms with E-state index < -0.39 is 0 Å². The zero-order chi connectivity index (χ0) is 25.7. The number of anilines is 1. The van der Waals surface area contributed by atoms with Gasteiger partial charge in [0.25, 0.3) is 0 Å². The molecule has 1 saturated carbocycles. The van der Waals surface area contributed by atoms with Crippen LogP contribution in [0.3, 0.4) is 0 Å². The number of amidine groups is 1. The van der Waals surface area contributed by atoms with E-state index in [1.807, 2.05) is 35.2 Å². The first kappa shape index (κ1) is 25.4. The molecule has 0 bridgehead atoms. The van der Waals surface area contributed by atoms with Gasteiger partial charge in [0.2, 0.25) is 11.8 Å². The molecule has 2 aromatic rings. The minimum absolute atomic E-state index is 0.0142. The molecule has 8 nitrogen and oxygen atoms in total. The van der Waals surface area contributed by atoms with E-state index in [1.54, 1.807) is 29.2 Å². The predicted octanol–water partition coefficient (Wildman–Crippen LogP) is 3.47. The molecule has 1 aliphatic carbocycles. The van der Waals surface area contributed by atoms with Gasteiger partial charge in [0.05, 0.1) is 13.0 Å². The lowest BCUT2D eigenvalue weighted by molar-refractivity contribution is -0.148. The van der Waals surface area contributed by atoms with Crippen molar-refractivity contribution >= 4 is 29.3 Å². The molecule has 3 N–H and O–H groups in total. The first-order valence-electron chi connectivity index (χ1n) is 12.5. The number of nitrogen functional groups attached to an aromatic ring is 1. The van der Waals surface area contributed by atoms with Crippen LogP contribution in [0.4, 0.5) is 5.69 Å². The van der Waals surface area contributed by atoms with Crippen molar-refractivity contribution in [2.75, 3.05) is 18.6 Å². The van der Waals surface area contributed by atoms with Crippen LogP contribution in [0.25, 0.3) is 0 Å². The van der Waals surface area contributed by atoms with Crippen molar-refractivity contribution < 1.29 is 19.1 Å². The Balaban J connectivity index is 1.46. The molecule has 8 heteroatoms. The number of nitrogens with two attached hydrogens (primary N) is 1. The molecule has 1 aliphatic heterocycles. The van der Waals surface area contributed by atoms with Crippen LogP contribution >= 0.6 is 0 Å². The summed E-state index contributed by atoms with van der Waals surface area (Å²) in [5.74, 6) is -0.740. The summed E-state index contributed by atoms with van der Waals surface area (Å²) in [7, 11) is 1.42. The molecular weight excluding hydrogens is 456 g/mol. The van der Waals surface area contributed by atoms with Crippen LogP contribution in [-0.2, 0) is 25.7 Å². The summed E-state index contributed by atoms with van der Waals surface area (Å²) < 4.78 is 4.92. The summed E-state index contributed by atoms with van der Waals surface area (Å²) >= 11 is 0. The highest BCUT2D eigenvalue weighted by Gasteiger charge is 2.38. The Morgan fingerprint density at radius 1 is 1.00 bits per heavy atom. The standard InChI is InChI=1S/C28H34N4O4/c1-36-28(35)21-9-13-24(14-10-21)32(18-19-5-3-2-4-6-19)27(34)22-15-16-31(25(33)17-22)23-11-7-20(8-12-23)26(29)30/h2-8,11-12,21-22,24H,9-10,13-18H2,1H3,(H3,29,30). The largest absolute Gasteiger partial charge is 0.469 e. The van der Waals surface area contributed by atoms with Crippen molar-refractivity contribution in [3.63, 3.8) is 0 Å². The van der Waals surface area contributed by atoms with E-state index in [9.17, 15) is 14.4 Å². The number of rotatable bonds is 7. The third kappa shape index (κ3) is 5.75. The number of piperidine rings is 1. The van der Waals surface area contributed by atoms with E-state index in [2.05, 4.69) is 0 Å². The molecule has 0 aromatic heterocycles. The highest BCUT2D eigenvalue weighted by molar-refractivity contribution is 5.99. The Labute approximate surface area is 211 Å². The highest BCUT2D eigenvalue weighted by atomic mass is 16.5. The average molecular weight is 491 g/mol. The number of benzene rings is 2. The molecule has 2 amide bonds. The summed E-state index contributed by atoms with van der Waals surface area (Å²) in [6, 6.07) is 17.0. The van der Waals surface area contributed by atoms with Crippen LogP contribution < -0.4 is 10.6 Å². The third-order valence-electron chi connectivity index (χ3n) is 7.41. The van der Waals surface area contributed by atoms with Gasteiger partial charge in [-0.15, -0.1) is 0 Å². The van der Waals surface area contributed by atoms with Gasteiger partial charge in [-0.2, -0.15) is 0 Å². The molecular formula is C28H34N4O4. The lowest BCUT2D eigenvalue weighted by atomic mass is 9.84. The van der Waals surface area contributed by atoms with E-state index >= 15 is 0 Å². The normalized spacial score (nSPS) is 22.1. The maximum atomic E-state index is 13.8. The topological polar surface area (TPSA) is 117 Å². The molecule has 2 fully saturated rings. The maximum absolute atomic E-state index is 13.8. The quantitative estimate of drug-likeness (QED) is 0.350. The van der Waals surface area contributed by atoms with Crippen molar-refractivity contribution in [2.24, 2.45) is 17.6 Å². The first-order valence-corrected chi connectivity index (χ1v) is 12.5. The van der Waals surface area contributed by atoms with Crippen molar-refractivity contribution in [2.45, 2.75) is 51.1 Å². The Morgan fingerprint density at radius 3 is 2.25 bits per heavy atom. The number of carbonyl (C=O) groups is 3. The number of carbonyl (C=O) groups excluding carboxylic acids is 3. The molecule has 0 spiro atoms. The second-order valence-corrected chi connectivity index (χ2v) is 9.68. The number of amides is 2. The van der Waals surface area contributed by atoms with Gasteiger partial charge in [-0.25, -0.2) is 0 Å². The number of hydrogen-bond donors (Lipinski definition) is 2. The molecule has 190 valence electrons. The second kappa shape index (κ2) is 11.4. The lowest BCUT2D eigenvalue weighted by Gasteiger charge is -2.40. The summed E-state index contributed by atoms with van der Waals surface area (Å²) in [6.07, 6.45) is 3.63. The van der Waals surface area contributed by atoms with Crippen molar-refractivity contribution in [3.05, 3.63) is 65.7 Å². The first-order chi connectivity index (χ1) is 17.4. The van der Waals surface area contributed by atoms with Crippen molar-refractivity contribution in [1.82, 2.24) is 4.90 Å². The average Bonchev–Trinajstić information content (AvgIpc) is 2.91. The zero-order valence-corrected chi connectivity index (χ0v) is 20.7. The number of hydrogen-bond acceptors (Lipinski definition) is 5. The molecule has 2 aromatic carbocycles. The number of esters is 1. The summed E-state index contributed by atoms with van der Waals surface area (Å²) in [4.78, 5) is 42.5. The molecule has 1 saturated heterocycles. The Morgan fingerprint density at radius 2 is 1.67 bits per heavy atom. The van der Waals surface area contributed by atoms with Crippen LogP contribution in [0.2, 0.25) is 0 Å². The minimum atomic E-state index is -0.368. The third-order valence-corrected chi connectivity index (χ3v) is 7.41. The number of ether oxygens (including phenoxy) is 1. The molecule has 1 unspecified atom stereocenters. The Hall–Kier alpha value is -3.68. The second-order valence-electron chi connectivity index (χ2n) is 9.68. The van der Waals surface area contributed by atoms with Gasteiger partial charge >= 0.3 is 5.97 Å². The van der Waals surface area contributed by atoms with Crippen molar-refractivity contribution in [1.29, 1.82) is 5.41 Å². The smallest absolute Gasteiger partial charge is 0.308 e. The fourth-order valence-corrected chi connectivity index (χ4v) is 5.33. The summed E-state index contributed by atoms with van der Waals surface area (Å²) in [5.41, 5.74) is 7.94. The van der Waals surface area contributed by atoms with Crippen LogP contribution in [0.15, 0.2) is 54.6 Å². The van der Waals surface area contributed by atoms with E-state index in [0.29, 0.717) is 37.9 Å². The monoisotopic (exact) mass is 490 g/mol. The van der Waals surface area contributed by atoms with E-state index in [-0.39, 0.29) is 47.9 Å². The molecule has 1 atom stereocenters. The Kier molecular flexibility index (Phi) is 8.03. The Bertz CT molecular complexity index is 1090.